The number of carbonyl (C=O) groups is 2. The number of nitrogens with one attached hydrogen (secondary N) is 1. The Bertz CT molecular complexity index is 1240. The summed E-state index contributed by atoms with van der Waals surface area (Å²) in [5, 5.41) is 9.63. The third kappa shape index (κ3) is 6.03. The lowest BCUT2D eigenvalue weighted by Crippen LogP contribution is -2.42. The highest BCUT2D eigenvalue weighted by atomic mass is 32.2. The Balaban J connectivity index is 1.29. The Morgan fingerprint density at radius 1 is 1.08 bits per heavy atom. The van der Waals surface area contributed by atoms with Crippen LogP contribution in [-0.4, -0.2) is 36.3 Å². The van der Waals surface area contributed by atoms with E-state index >= 15 is 0 Å². The molecule has 2 aliphatic rings. The molecular weight excluding hydrogens is 476 g/mol. The summed E-state index contributed by atoms with van der Waals surface area (Å²) in [6, 6.07) is 6.47. The maximum atomic E-state index is 13.0. The highest BCUT2D eigenvalue weighted by Gasteiger charge is 2.35. The molecule has 7 nitrogen and oxygen atoms in total. The highest BCUT2D eigenvalue weighted by molar-refractivity contribution is 7.89. The minimum Gasteiger partial charge on any atom is -0.480 e. The second-order valence-corrected chi connectivity index (χ2v) is 12.2. The molecule has 0 spiro atoms. The number of Topliss-reactive ketones (excluding diaryl/α,β-unsaturated/α-hetero) is 1. The van der Waals surface area contributed by atoms with E-state index in [1.807, 2.05) is 6.92 Å². The van der Waals surface area contributed by atoms with Crippen LogP contribution in [0.1, 0.15) is 72.2 Å². The van der Waals surface area contributed by atoms with Crippen molar-refractivity contribution in [2.45, 2.75) is 89.5 Å². The third-order valence-electron chi connectivity index (χ3n) is 7.57. The van der Waals surface area contributed by atoms with Gasteiger partial charge in [-0.1, -0.05) is 23.8 Å². The monoisotopic (exact) mass is 512 g/mol. The summed E-state index contributed by atoms with van der Waals surface area (Å²) in [6.45, 7) is 5.27. The Morgan fingerprint density at radius 3 is 2.42 bits per heavy atom. The van der Waals surface area contributed by atoms with Gasteiger partial charge in [-0.3, -0.25) is 14.6 Å². The van der Waals surface area contributed by atoms with E-state index in [0.717, 1.165) is 43.4 Å². The number of hydrogen-bond acceptors (Lipinski definition) is 5. The fraction of sp³-hybridized carbons (Fsp3) is 0.536. The SMILES string of the molecule is Cc1cc(C)c(S(=O)(=O)N[C@@H](CCC(=O)C2CC(Cc3ccc4c(n3)CCCC4)C2)C(=O)O)c(C)c1. The normalized spacial score (nSPS) is 20.3. The summed E-state index contributed by atoms with van der Waals surface area (Å²) in [4.78, 5) is 29.5. The van der Waals surface area contributed by atoms with Gasteiger partial charge in [0, 0.05) is 23.7 Å². The van der Waals surface area contributed by atoms with Crippen LogP contribution in [0.2, 0.25) is 0 Å². The molecule has 2 N–H and O–H groups in total. The van der Waals surface area contributed by atoms with Gasteiger partial charge in [0.2, 0.25) is 10.0 Å². The third-order valence-corrected chi connectivity index (χ3v) is 9.35. The summed E-state index contributed by atoms with van der Waals surface area (Å²) in [6.07, 6.45) is 6.99. The summed E-state index contributed by atoms with van der Waals surface area (Å²) < 4.78 is 28.3. The first-order valence-electron chi connectivity index (χ1n) is 12.9. The number of aromatic nitrogens is 1. The number of rotatable bonds is 10. The van der Waals surface area contributed by atoms with Gasteiger partial charge in [0.1, 0.15) is 11.8 Å². The molecule has 0 aliphatic heterocycles. The number of ketones is 1. The minimum atomic E-state index is -4.04. The lowest BCUT2D eigenvalue weighted by molar-refractivity contribution is -0.139. The minimum absolute atomic E-state index is 0.0118. The Kier molecular flexibility index (Phi) is 7.95. The maximum absolute atomic E-state index is 13.0. The number of carbonyl (C=O) groups excluding carboxylic acids is 1. The summed E-state index contributed by atoms with van der Waals surface area (Å²) in [5.41, 5.74) is 5.74. The van der Waals surface area contributed by atoms with Crippen LogP contribution in [0.3, 0.4) is 0 Å². The van der Waals surface area contributed by atoms with Crippen molar-refractivity contribution in [3.63, 3.8) is 0 Å². The molecule has 0 radical (unpaired) electrons. The van der Waals surface area contributed by atoms with Gasteiger partial charge in [-0.25, -0.2) is 8.42 Å². The van der Waals surface area contributed by atoms with Crippen molar-refractivity contribution in [3.8, 4) is 0 Å². The molecule has 0 bridgehead atoms. The van der Waals surface area contributed by atoms with E-state index in [4.69, 9.17) is 4.98 Å². The molecule has 1 aromatic heterocycles. The smallest absolute Gasteiger partial charge is 0.321 e. The van der Waals surface area contributed by atoms with E-state index < -0.39 is 22.0 Å². The first-order chi connectivity index (χ1) is 17.0. The molecule has 8 heteroatoms. The van der Waals surface area contributed by atoms with Crippen molar-refractivity contribution in [2.75, 3.05) is 0 Å². The number of carboxylic acids is 1. The predicted molar refractivity (Wildman–Crippen MR) is 137 cm³/mol. The number of aliphatic carboxylic acids is 1. The van der Waals surface area contributed by atoms with Crippen molar-refractivity contribution < 1.29 is 23.1 Å². The van der Waals surface area contributed by atoms with E-state index in [9.17, 15) is 23.1 Å². The molecule has 2 aliphatic carbocycles. The van der Waals surface area contributed by atoms with Gasteiger partial charge in [0.15, 0.2) is 0 Å². The van der Waals surface area contributed by atoms with Gasteiger partial charge < -0.3 is 5.11 Å². The van der Waals surface area contributed by atoms with Crippen LogP contribution >= 0.6 is 0 Å². The van der Waals surface area contributed by atoms with E-state index in [0.29, 0.717) is 17.0 Å². The number of carboxylic acid groups (broad SMARTS) is 1. The zero-order chi connectivity index (χ0) is 26.0. The first kappa shape index (κ1) is 26.5. The van der Waals surface area contributed by atoms with Crippen molar-refractivity contribution in [1.29, 1.82) is 0 Å². The quantitative estimate of drug-likeness (QED) is 0.492. The van der Waals surface area contributed by atoms with Crippen molar-refractivity contribution in [1.82, 2.24) is 9.71 Å². The first-order valence-corrected chi connectivity index (χ1v) is 14.3. The molecule has 0 unspecified atom stereocenters. The van der Waals surface area contributed by atoms with E-state index in [2.05, 4.69) is 16.9 Å². The van der Waals surface area contributed by atoms with Gasteiger partial charge in [0.25, 0.3) is 0 Å². The fourth-order valence-electron chi connectivity index (χ4n) is 5.76. The van der Waals surface area contributed by atoms with Crippen molar-refractivity contribution in [3.05, 3.63) is 57.9 Å². The Hall–Kier alpha value is -2.58. The summed E-state index contributed by atoms with van der Waals surface area (Å²) in [5.74, 6) is -0.939. The van der Waals surface area contributed by atoms with E-state index in [-0.39, 0.29) is 29.4 Å². The largest absolute Gasteiger partial charge is 0.480 e. The number of pyridine rings is 1. The second kappa shape index (κ2) is 10.8. The van der Waals surface area contributed by atoms with Crippen LogP contribution in [-0.2, 0) is 38.9 Å². The van der Waals surface area contributed by atoms with Gasteiger partial charge in [-0.2, -0.15) is 4.72 Å². The predicted octanol–water partition coefficient (Wildman–Crippen LogP) is 4.24. The summed E-state index contributed by atoms with van der Waals surface area (Å²) >= 11 is 0. The molecule has 1 saturated carbocycles. The van der Waals surface area contributed by atoms with Crippen LogP contribution in [0.15, 0.2) is 29.2 Å². The number of benzene rings is 1. The Labute approximate surface area is 213 Å². The summed E-state index contributed by atoms with van der Waals surface area (Å²) in [7, 11) is -4.04. The van der Waals surface area contributed by atoms with Crippen LogP contribution in [0.4, 0.5) is 0 Å². The lowest BCUT2D eigenvalue weighted by atomic mass is 9.70. The molecule has 0 saturated heterocycles. The average Bonchev–Trinajstić information content (AvgIpc) is 2.77. The highest BCUT2D eigenvalue weighted by Crippen LogP contribution is 2.37. The molecule has 1 atom stereocenters. The molecule has 1 aromatic carbocycles. The lowest BCUT2D eigenvalue weighted by Gasteiger charge is -2.34. The van der Waals surface area contributed by atoms with E-state index in [1.165, 1.54) is 24.1 Å². The molecule has 194 valence electrons. The number of nitrogens with zero attached hydrogens (tertiary/aromatic N) is 1. The number of hydrogen-bond donors (Lipinski definition) is 2. The standard InChI is InChI=1S/C28H36N2O5S/c1-17-12-18(2)27(19(3)13-17)36(34,35)30-25(28(32)33)10-11-26(31)22-14-20(15-22)16-23-9-8-21-6-4-5-7-24(21)29-23/h8-9,12-13,20,22,25,30H,4-7,10-11,14-16H2,1-3H3,(H,32,33)/t20?,22?,25-/m0/s1. The molecule has 1 fully saturated rings. The molecule has 2 aromatic rings. The zero-order valence-electron chi connectivity index (χ0n) is 21.3. The van der Waals surface area contributed by atoms with Crippen LogP contribution < -0.4 is 4.72 Å². The van der Waals surface area contributed by atoms with Gasteiger partial charge in [-0.15, -0.1) is 0 Å². The van der Waals surface area contributed by atoms with Crippen LogP contribution in [0, 0.1) is 32.6 Å². The zero-order valence-corrected chi connectivity index (χ0v) is 22.2. The molecule has 1 heterocycles. The number of aryl methyl sites for hydroxylation is 5. The Morgan fingerprint density at radius 2 is 1.75 bits per heavy atom. The number of sulfonamides is 1. The second-order valence-electron chi connectivity index (χ2n) is 10.6. The van der Waals surface area contributed by atoms with Gasteiger partial charge in [0.05, 0.1) is 4.90 Å². The van der Waals surface area contributed by atoms with E-state index in [1.54, 1.807) is 26.0 Å². The van der Waals surface area contributed by atoms with Gasteiger partial charge >= 0.3 is 5.97 Å². The topological polar surface area (TPSA) is 113 Å². The number of fused-ring (bicyclic) bond motifs is 1. The van der Waals surface area contributed by atoms with Crippen LogP contribution in [0.5, 0.6) is 0 Å². The fourth-order valence-corrected chi connectivity index (χ4v) is 7.44. The van der Waals surface area contributed by atoms with Crippen molar-refractivity contribution >= 4 is 21.8 Å². The average molecular weight is 513 g/mol. The molecular formula is C28H36N2O5S. The van der Waals surface area contributed by atoms with Crippen molar-refractivity contribution in [2.24, 2.45) is 11.8 Å². The molecule has 0 amide bonds. The van der Waals surface area contributed by atoms with Crippen LogP contribution in [0.25, 0.3) is 0 Å². The maximum Gasteiger partial charge on any atom is 0.321 e. The molecule has 4 rings (SSSR count). The van der Waals surface area contributed by atoms with Gasteiger partial charge in [-0.05, 0) is 101 Å². The molecule has 36 heavy (non-hydrogen) atoms.